The molecule has 1 aliphatic heterocycles. The maximum atomic E-state index is 12.7. The van der Waals surface area contributed by atoms with Gasteiger partial charge in [0.2, 0.25) is 5.91 Å². The summed E-state index contributed by atoms with van der Waals surface area (Å²) in [7, 11) is 1.46. The molecule has 1 fully saturated rings. The van der Waals surface area contributed by atoms with Crippen LogP contribution in [0.1, 0.15) is 21.7 Å². The largest absolute Gasteiger partial charge is 0.495 e. The molecule has 35 heavy (non-hydrogen) atoms. The molecule has 0 saturated carbocycles. The highest BCUT2D eigenvalue weighted by Crippen LogP contribution is 2.29. The molecule has 0 spiro atoms. The van der Waals surface area contributed by atoms with Crippen molar-refractivity contribution in [2.24, 2.45) is 0 Å². The number of urea groups is 1. The second-order valence-electron chi connectivity index (χ2n) is 7.61. The van der Waals surface area contributed by atoms with E-state index in [1.54, 1.807) is 55.5 Å². The van der Waals surface area contributed by atoms with Crippen LogP contribution in [0.25, 0.3) is 17.4 Å². The van der Waals surface area contributed by atoms with Crippen LogP contribution >= 0.6 is 0 Å². The van der Waals surface area contributed by atoms with E-state index < -0.39 is 30.4 Å². The summed E-state index contributed by atoms with van der Waals surface area (Å²) in [6.07, 6.45) is 1.35. The lowest BCUT2D eigenvalue weighted by atomic mass is 10.0. The number of amides is 4. The molecule has 3 N–H and O–H groups in total. The minimum absolute atomic E-state index is 0.0583. The molecule has 2 heterocycles. The molecule has 1 saturated heterocycles. The summed E-state index contributed by atoms with van der Waals surface area (Å²) in [6, 6.07) is 14.1. The maximum Gasteiger partial charge on any atom is 0.335 e. The van der Waals surface area contributed by atoms with Crippen molar-refractivity contribution in [3.05, 3.63) is 77.2 Å². The fraction of sp³-hybridized carbons (Fsp3) is 0.120. The van der Waals surface area contributed by atoms with Crippen LogP contribution in [-0.4, -0.2) is 47.5 Å². The van der Waals surface area contributed by atoms with Gasteiger partial charge in [0.15, 0.2) is 0 Å². The summed E-state index contributed by atoms with van der Waals surface area (Å²) in [4.78, 5) is 49.7. The van der Waals surface area contributed by atoms with Crippen molar-refractivity contribution in [2.75, 3.05) is 19.0 Å². The molecule has 1 aromatic heterocycles. The molecule has 4 rings (SSSR count). The van der Waals surface area contributed by atoms with E-state index in [2.05, 4.69) is 10.6 Å². The first-order valence-electron chi connectivity index (χ1n) is 10.5. The SMILES string of the molecule is COc1ccccc1NC(=O)CN1C(=O)NC(=Cc2ccc(-c3cccc(C(=O)O)c3C)o2)C1=O. The minimum atomic E-state index is -1.05. The quantitative estimate of drug-likeness (QED) is 0.351. The van der Waals surface area contributed by atoms with E-state index in [-0.39, 0.29) is 17.0 Å². The Bertz CT molecular complexity index is 1370. The minimum Gasteiger partial charge on any atom is -0.495 e. The molecule has 2 aromatic carbocycles. The molecule has 10 nitrogen and oxygen atoms in total. The normalized spacial score (nSPS) is 14.2. The number of imide groups is 1. The molecular weight excluding hydrogens is 454 g/mol. The number of furan rings is 1. The molecular formula is C25H21N3O7. The van der Waals surface area contributed by atoms with Crippen LogP contribution in [0.5, 0.6) is 5.75 Å². The summed E-state index contributed by atoms with van der Waals surface area (Å²) < 4.78 is 10.9. The van der Waals surface area contributed by atoms with Crippen molar-refractivity contribution in [1.82, 2.24) is 10.2 Å². The van der Waals surface area contributed by atoms with Gasteiger partial charge in [0, 0.05) is 11.6 Å². The molecule has 0 aliphatic carbocycles. The number of hydrogen-bond acceptors (Lipinski definition) is 6. The van der Waals surface area contributed by atoms with E-state index in [1.807, 2.05) is 0 Å². The average Bonchev–Trinajstić information content (AvgIpc) is 3.39. The predicted molar refractivity (Wildman–Crippen MR) is 126 cm³/mol. The molecule has 10 heteroatoms. The van der Waals surface area contributed by atoms with Gasteiger partial charge < -0.3 is 24.9 Å². The molecule has 0 bridgehead atoms. The van der Waals surface area contributed by atoms with Crippen LogP contribution in [-0.2, 0) is 9.59 Å². The molecule has 0 atom stereocenters. The third-order valence-electron chi connectivity index (χ3n) is 5.39. The van der Waals surface area contributed by atoms with Gasteiger partial charge in [-0.05, 0) is 42.8 Å². The fourth-order valence-electron chi connectivity index (χ4n) is 3.65. The Balaban J connectivity index is 1.49. The summed E-state index contributed by atoms with van der Waals surface area (Å²) in [5.74, 6) is -1.20. The second kappa shape index (κ2) is 9.56. The molecule has 4 amide bonds. The van der Waals surface area contributed by atoms with E-state index in [0.717, 1.165) is 4.90 Å². The smallest absolute Gasteiger partial charge is 0.335 e. The highest BCUT2D eigenvalue weighted by molar-refractivity contribution is 6.15. The van der Waals surface area contributed by atoms with Gasteiger partial charge in [0.25, 0.3) is 5.91 Å². The van der Waals surface area contributed by atoms with Gasteiger partial charge in [-0.2, -0.15) is 0 Å². The predicted octanol–water partition coefficient (Wildman–Crippen LogP) is 3.49. The van der Waals surface area contributed by atoms with Crippen LogP contribution < -0.4 is 15.4 Å². The number of nitrogens with zero attached hydrogens (tertiary/aromatic N) is 1. The number of methoxy groups -OCH3 is 1. The van der Waals surface area contributed by atoms with Gasteiger partial charge in [-0.15, -0.1) is 0 Å². The van der Waals surface area contributed by atoms with Crippen LogP contribution in [0.4, 0.5) is 10.5 Å². The molecule has 0 unspecified atom stereocenters. The van der Waals surface area contributed by atoms with E-state index in [0.29, 0.717) is 28.3 Å². The third-order valence-corrected chi connectivity index (χ3v) is 5.39. The first-order chi connectivity index (χ1) is 16.8. The van der Waals surface area contributed by atoms with Crippen LogP contribution in [0.2, 0.25) is 0 Å². The number of carbonyl (C=O) groups is 4. The third kappa shape index (κ3) is 4.76. The number of rotatable bonds is 7. The highest BCUT2D eigenvalue weighted by Gasteiger charge is 2.35. The van der Waals surface area contributed by atoms with Gasteiger partial charge in [-0.1, -0.05) is 24.3 Å². The Morgan fingerprint density at radius 3 is 2.63 bits per heavy atom. The standard InChI is InChI=1S/C25H21N3O7/c1-14-16(6-5-7-17(14)24(31)32)20-11-10-15(35-20)12-19-23(30)28(25(33)27-19)13-22(29)26-18-8-3-4-9-21(18)34-2/h3-12H,13H2,1-2H3,(H,26,29)(H,27,33)(H,31,32). The van der Waals surface area contributed by atoms with Crippen molar-refractivity contribution in [3.8, 4) is 17.1 Å². The summed E-state index contributed by atoms with van der Waals surface area (Å²) >= 11 is 0. The lowest BCUT2D eigenvalue weighted by molar-refractivity contribution is -0.127. The fourth-order valence-corrected chi connectivity index (χ4v) is 3.65. The number of para-hydroxylation sites is 2. The lowest BCUT2D eigenvalue weighted by Gasteiger charge is -2.13. The Kier molecular flexibility index (Phi) is 6.36. The number of carboxylic acids is 1. The Hall–Kier alpha value is -4.86. The number of ether oxygens (including phenoxy) is 1. The van der Waals surface area contributed by atoms with E-state index in [9.17, 15) is 24.3 Å². The maximum absolute atomic E-state index is 12.7. The second-order valence-corrected chi connectivity index (χ2v) is 7.61. The molecule has 0 radical (unpaired) electrons. The van der Waals surface area contributed by atoms with Crippen molar-refractivity contribution < 1.29 is 33.4 Å². The van der Waals surface area contributed by atoms with Gasteiger partial charge in [-0.25, -0.2) is 14.5 Å². The van der Waals surface area contributed by atoms with Gasteiger partial charge in [-0.3, -0.25) is 9.59 Å². The number of carbonyl (C=O) groups excluding carboxylic acids is 3. The van der Waals surface area contributed by atoms with E-state index in [1.165, 1.54) is 19.3 Å². The Labute approximate surface area is 199 Å². The van der Waals surface area contributed by atoms with Crippen molar-refractivity contribution in [2.45, 2.75) is 6.92 Å². The summed E-state index contributed by atoms with van der Waals surface area (Å²) in [6.45, 7) is 1.18. The van der Waals surface area contributed by atoms with Gasteiger partial charge in [0.1, 0.15) is 29.5 Å². The number of aromatic carboxylic acids is 1. The topological polar surface area (TPSA) is 138 Å². The number of benzene rings is 2. The summed E-state index contributed by atoms with van der Waals surface area (Å²) in [5, 5.41) is 14.4. The molecule has 3 aromatic rings. The highest BCUT2D eigenvalue weighted by atomic mass is 16.5. The zero-order chi connectivity index (χ0) is 25.1. The Morgan fingerprint density at radius 2 is 1.89 bits per heavy atom. The average molecular weight is 475 g/mol. The van der Waals surface area contributed by atoms with Crippen LogP contribution in [0.3, 0.4) is 0 Å². The Morgan fingerprint density at radius 1 is 1.11 bits per heavy atom. The number of anilines is 1. The van der Waals surface area contributed by atoms with Crippen LogP contribution in [0, 0.1) is 6.92 Å². The van der Waals surface area contributed by atoms with Crippen LogP contribution in [0.15, 0.2) is 64.7 Å². The van der Waals surface area contributed by atoms with Gasteiger partial charge >= 0.3 is 12.0 Å². The monoisotopic (exact) mass is 475 g/mol. The molecule has 1 aliphatic rings. The zero-order valence-electron chi connectivity index (χ0n) is 18.8. The van der Waals surface area contributed by atoms with Crippen molar-refractivity contribution in [3.63, 3.8) is 0 Å². The first-order valence-corrected chi connectivity index (χ1v) is 10.5. The van der Waals surface area contributed by atoms with E-state index in [4.69, 9.17) is 9.15 Å². The van der Waals surface area contributed by atoms with E-state index >= 15 is 0 Å². The number of carboxylic acid groups (broad SMARTS) is 1. The van der Waals surface area contributed by atoms with Crippen molar-refractivity contribution in [1.29, 1.82) is 0 Å². The summed E-state index contributed by atoms with van der Waals surface area (Å²) in [5.41, 5.74) is 1.63. The lowest BCUT2D eigenvalue weighted by Crippen LogP contribution is -2.38. The van der Waals surface area contributed by atoms with Crippen molar-refractivity contribution >= 4 is 35.6 Å². The zero-order valence-corrected chi connectivity index (χ0v) is 18.8. The number of nitrogens with one attached hydrogen (secondary N) is 2. The molecule has 178 valence electrons. The van der Waals surface area contributed by atoms with Gasteiger partial charge in [0.05, 0.1) is 18.4 Å². The number of hydrogen-bond donors (Lipinski definition) is 3. The first kappa shape index (κ1) is 23.3.